The van der Waals surface area contributed by atoms with Gasteiger partial charge in [-0.05, 0) is 44.9 Å². The number of carbonyl (C=O) groups excluding carboxylic acids is 3. The first kappa shape index (κ1) is 25.0. The fourth-order valence-corrected chi connectivity index (χ4v) is 4.26. The molecule has 1 aliphatic carbocycles. The molecule has 2 aliphatic rings. The number of likely N-dealkylation sites (tertiary alicyclic amines) is 1. The predicted molar refractivity (Wildman–Crippen MR) is 117 cm³/mol. The van der Waals surface area contributed by atoms with Crippen LogP contribution in [0.2, 0.25) is 0 Å². The molecular weight excluding hydrogens is 472 g/mol. The monoisotopic (exact) mass is 496 g/mol. The van der Waals surface area contributed by atoms with Crippen LogP contribution in [0, 0.1) is 0 Å². The summed E-state index contributed by atoms with van der Waals surface area (Å²) in [6.07, 6.45) is 1.36. The SMILES string of the molecule is C[C@@H]1CC(=O)N1[C@@H](C(=O)O)[C@](C)(/C=N/NC(=O)C1(NC(=O)c2ccc(O)c(O)c2)CC1)[SH](=O)=O. The van der Waals surface area contributed by atoms with Crippen molar-refractivity contribution in [2.75, 3.05) is 0 Å². The zero-order chi connectivity index (χ0) is 25.4. The number of hydrogen-bond acceptors (Lipinski definition) is 9. The number of aliphatic carboxylic acids is 1. The highest BCUT2D eigenvalue weighted by atomic mass is 32.2. The van der Waals surface area contributed by atoms with Gasteiger partial charge in [0.15, 0.2) is 28.2 Å². The van der Waals surface area contributed by atoms with Crippen molar-refractivity contribution in [3.63, 3.8) is 0 Å². The van der Waals surface area contributed by atoms with Crippen LogP contribution in [0.1, 0.15) is 43.5 Å². The summed E-state index contributed by atoms with van der Waals surface area (Å²) in [7, 11) is -3.44. The van der Waals surface area contributed by atoms with Gasteiger partial charge in [0.25, 0.3) is 11.8 Å². The number of hydrogen-bond donors (Lipinski definition) is 6. The lowest BCUT2D eigenvalue weighted by atomic mass is 9.92. The first-order chi connectivity index (χ1) is 15.8. The second-order valence-corrected chi connectivity index (χ2v) is 9.99. The maximum absolute atomic E-state index is 12.6. The molecule has 1 heterocycles. The third-order valence-corrected chi connectivity index (χ3v) is 7.11. The van der Waals surface area contributed by atoms with E-state index in [0.29, 0.717) is 0 Å². The summed E-state index contributed by atoms with van der Waals surface area (Å²) in [5.74, 6) is -4.44. The number of nitrogens with zero attached hydrogens (tertiary/aromatic N) is 2. The summed E-state index contributed by atoms with van der Waals surface area (Å²) < 4.78 is 21.9. The molecule has 1 saturated heterocycles. The Morgan fingerprint density at radius 1 is 1.26 bits per heavy atom. The van der Waals surface area contributed by atoms with Crippen molar-refractivity contribution in [2.45, 2.75) is 55.5 Å². The van der Waals surface area contributed by atoms with E-state index < -0.39 is 68.3 Å². The number of phenolic OH excluding ortho intramolecular Hbond substituents is 2. The van der Waals surface area contributed by atoms with Gasteiger partial charge in [0.2, 0.25) is 5.91 Å². The second-order valence-electron chi connectivity index (χ2n) is 8.52. The molecule has 0 spiro atoms. The molecule has 0 aromatic heterocycles. The Labute approximate surface area is 195 Å². The van der Waals surface area contributed by atoms with Crippen LogP contribution in [0.3, 0.4) is 0 Å². The molecule has 1 aliphatic heterocycles. The van der Waals surface area contributed by atoms with Crippen LogP contribution in [0.5, 0.6) is 11.5 Å². The van der Waals surface area contributed by atoms with Gasteiger partial charge in [0, 0.05) is 24.2 Å². The zero-order valence-electron chi connectivity index (χ0n) is 18.2. The Balaban J connectivity index is 1.73. The van der Waals surface area contributed by atoms with Crippen LogP contribution < -0.4 is 10.7 Å². The van der Waals surface area contributed by atoms with E-state index in [9.17, 15) is 42.9 Å². The Morgan fingerprint density at radius 3 is 2.38 bits per heavy atom. The molecule has 0 bridgehead atoms. The summed E-state index contributed by atoms with van der Waals surface area (Å²) in [4.78, 5) is 49.8. The minimum absolute atomic E-state index is 0.00793. The quantitative estimate of drug-likeness (QED) is 0.0807. The molecule has 3 rings (SSSR count). The van der Waals surface area contributed by atoms with Crippen LogP contribution in [-0.2, 0) is 25.1 Å². The number of aromatic hydroxyl groups is 2. The first-order valence-electron chi connectivity index (χ1n) is 10.2. The van der Waals surface area contributed by atoms with Crippen molar-refractivity contribution in [3.8, 4) is 11.5 Å². The smallest absolute Gasteiger partial charge is 0.328 e. The normalized spacial score (nSPS) is 21.4. The van der Waals surface area contributed by atoms with Crippen molar-refractivity contribution >= 4 is 40.6 Å². The summed E-state index contributed by atoms with van der Waals surface area (Å²) >= 11 is 0. The van der Waals surface area contributed by atoms with Crippen molar-refractivity contribution in [1.29, 1.82) is 0 Å². The van der Waals surface area contributed by atoms with Gasteiger partial charge in [-0.25, -0.2) is 18.6 Å². The number of rotatable bonds is 9. The summed E-state index contributed by atoms with van der Waals surface area (Å²) in [5, 5.41) is 34.7. The van der Waals surface area contributed by atoms with Gasteiger partial charge in [0.05, 0.1) is 0 Å². The molecule has 14 heteroatoms. The number of hydrazone groups is 1. The largest absolute Gasteiger partial charge is 0.504 e. The third kappa shape index (κ3) is 4.53. The maximum atomic E-state index is 12.6. The Morgan fingerprint density at radius 2 is 1.91 bits per heavy atom. The number of phenols is 2. The van der Waals surface area contributed by atoms with E-state index in [1.807, 2.05) is 0 Å². The Bertz CT molecular complexity index is 1150. The van der Waals surface area contributed by atoms with Crippen molar-refractivity contribution in [1.82, 2.24) is 15.6 Å². The zero-order valence-corrected chi connectivity index (χ0v) is 19.1. The molecular formula is C20H24N4O9S. The minimum Gasteiger partial charge on any atom is -0.504 e. The fourth-order valence-electron chi connectivity index (χ4n) is 3.67. The minimum atomic E-state index is -3.44. The van der Waals surface area contributed by atoms with Gasteiger partial charge in [0.1, 0.15) is 10.3 Å². The van der Waals surface area contributed by atoms with Crippen molar-refractivity contribution in [2.24, 2.45) is 5.10 Å². The van der Waals surface area contributed by atoms with Crippen molar-refractivity contribution < 1.29 is 42.9 Å². The maximum Gasteiger partial charge on any atom is 0.328 e. The molecule has 0 unspecified atom stereocenters. The van der Waals surface area contributed by atoms with Gasteiger partial charge in [-0.3, -0.25) is 14.4 Å². The molecule has 184 valence electrons. The van der Waals surface area contributed by atoms with Gasteiger partial charge in [-0.1, -0.05) is 0 Å². The summed E-state index contributed by atoms with van der Waals surface area (Å²) in [6, 6.07) is 1.16. The number of β-lactam (4-membered cyclic amide) rings is 1. The van der Waals surface area contributed by atoms with E-state index in [-0.39, 0.29) is 24.8 Å². The van der Waals surface area contributed by atoms with Gasteiger partial charge < -0.3 is 25.5 Å². The van der Waals surface area contributed by atoms with Gasteiger partial charge in [-0.2, -0.15) is 5.10 Å². The molecule has 0 radical (unpaired) electrons. The highest BCUT2D eigenvalue weighted by Crippen LogP contribution is 2.36. The highest BCUT2D eigenvalue weighted by molar-refractivity contribution is 7.75. The predicted octanol–water partition coefficient (Wildman–Crippen LogP) is -1.09. The lowest BCUT2D eigenvalue weighted by molar-refractivity contribution is -0.161. The number of amides is 3. The van der Waals surface area contributed by atoms with Crippen LogP contribution in [0.4, 0.5) is 0 Å². The molecule has 1 aromatic carbocycles. The van der Waals surface area contributed by atoms with Crippen LogP contribution in [0.25, 0.3) is 0 Å². The Kier molecular flexibility index (Phi) is 6.55. The van der Waals surface area contributed by atoms with E-state index in [1.165, 1.54) is 6.07 Å². The second kappa shape index (κ2) is 8.93. The molecule has 13 nitrogen and oxygen atoms in total. The highest BCUT2D eigenvalue weighted by Gasteiger charge is 2.53. The molecule has 3 amide bonds. The molecule has 3 atom stereocenters. The number of carboxylic acid groups (broad SMARTS) is 1. The number of thiol groups is 1. The van der Waals surface area contributed by atoms with Crippen LogP contribution in [-0.4, -0.2) is 80.9 Å². The van der Waals surface area contributed by atoms with Gasteiger partial charge in [-0.15, -0.1) is 0 Å². The summed E-state index contributed by atoms with van der Waals surface area (Å²) in [5.41, 5.74) is 0.792. The fraction of sp³-hybridized carbons (Fsp3) is 0.450. The standard InChI is InChI=1S/C20H24N4O9S/c1-10-7-14(27)24(10)15(17(29)30)19(2,34(32)33)9-21-23-18(31)20(5-6-20)22-16(28)11-3-4-12(25)13(26)8-11/h3-4,8-10,15,25-26,34H,5-7H2,1-2H3,(H,22,28)(H,23,31)(H,29,30)/b21-9+/t10-,15+,19+/m1/s1. The third-order valence-electron chi connectivity index (χ3n) is 5.96. The number of carbonyl (C=O) groups is 4. The van der Waals surface area contributed by atoms with Gasteiger partial charge >= 0.3 is 5.97 Å². The lowest BCUT2D eigenvalue weighted by Gasteiger charge is -2.45. The average molecular weight is 496 g/mol. The van der Waals surface area contributed by atoms with E-state index >= 15 is 0 Å². The van der Waals surface area contributed by atoms with E-state index in [1.54, 1.807) is 6.92 Å². The molecule has 1 saturated carbocycles. The van der Waals surface area contributed by atoms with E-state index in [4.69, 9.17) is 0 Å². The van der Waals surface area contributed by atoms with Crippen molar-refractivity contribution in [3.05, 3.63) is 23.8 Å². The molecule has 34 heavy (non-hydrogen) atoms. The topological polar surface area (TPSA) is 203 Å². The number of carboxylic acids is 1. The Hall–Kier alpha value is -3.68. The van der Waals surface area contributed by atoms with E-state index in [0.717, 1.165) is 30.2 Å². The first-order valence-corrected chi connectivity index (χ1v) is 11.4. The van der Waals surface area contributed by atoms with E-state index in [2.05, 4.69) is 15.8 Å². The molecule has 2 fully saturated rings. The molecule has 5 N–H and O–H groups in total. The number of benzene rings is 1. The van der Waals surface area contributed by atoms with Crippen LogP contribution in [0.15, 0.2) is 23.3 Å². The summed E-state index contributed by atoms with van der Waals surface area (Å²) in [6.45, 7) is 2.67. The lowest BCUT2D eigenvalue weighted by Crippen LogP contribution is -2.66. The average Bonchev–Trinajstić information content (AvgIpc) is 3.53. The molecule has 1 aromatic rings. The number of nitrogens with one attached hydrogen (secondary N) is 2. The van der Waals surface area contributed by atoms with Crippen LogP contribution >= 0.6 is 0 Å².